The fourth-order valence-corrected chi connectivity index (χ4v) is 0.661. The summed E-state index contributed by atoms with van der Waals surface area (Å²) in [5.74, 6) is 1.56. The maximum Gasteiger partial charge on any atom is -0.00257 e. The first-order valence-corrected chi connectivity index (χ1v) is 3.83. The Morgan fingerprint density at radius 3 is 1.40 bits per heavy atom. The minimum absolute atomic E-state index is 0. The number of hydrogen-bond donors (Lipinski definition) is 1. The van der Waals surface area contributed by atoms with Crippen LogP contribution in [0.4, 0.5) is 0 Å². The van der Waals surface area contributed by atoms with Gasteiger partial charge in [-0.2, -0.15) is 0 Å². The van der Waals surface area contributed by atoms with Gasteiger partial charge in [-0.25, -0.2) is 0 Å². The van der Waals surface area contributed by atoms with Crippen molar-refractivity contribution in [2.24, 2.45) is 11.8 Å². The van der Waals surface area contributed by atoms with Gasteiger partial charge < -0.3 is 5.32 Å². The molecule has 1 nitrogen and oxygen atoms in total. The first-order chi connectivity index (χ1) is 4.13. The van der Waals surface area contributed by atoms with Crippen molar-refractivity contribution in [3.05, 3.63) is 0 Å². The molecule has 0 unspecified atom stereocenters. The topological polar surface area (TPSA) is 12.0 Å². The van der Waals surface area contributed by atoms with Crippen LogP contribution in [0.2, 0.25) is 0 Å². The van der Waals surface area contributed by atoms with E-state index in [4.69, 9.17) is 0 Å². The standard InChI is InChI=1S/C8H19N.ClH/c1-7(2)5-9-6-8(3)4;/h7-9H,5-6H2,1-4H3;1H. The molecule has 0 rings (SSSR count). The second-order valence-corrected chi connectivity index (χ2v) is 3.45. The molecule has 64 valence electrons. The highest BCUT2D eigenvalue weighted by Crippen LogP contribution is 1.90. The molecule has 10 heavy (non-hydrogen) atoms. The molecule has 0 aliphatic heterocycles. The van der Waals surface area contributed by atoms with Gasteiger partial charge in [-0.05, 0) is 24.9 Å². The van der Waals surface area contributed by atoms with E-state index in [9.17, 15) is 0 Å². The Kier molecular flexibility index (Phi) is 9.48. The smallest absolute Gasteiger partial charge is 0.00257 e. The molecule has 0 heterocycles. The largest absolute Gasteiger partial charge is 0.316 e. The zero-order valence-corrected chi connectivity index (χ0v) is 8.29. The van der Waals surface area contributed by atoms with Gasteiger partial charge >= 0.3 is 0 Å². The molecule has 0 saturated heterocycles. The van der Waals surface area contributed by atoms with E-state index in [0.717, 1.165) is 24.9 Å². The molecule has 0 amide bonds. The lowest BCUT2D eigenvalue weighted by atomic mass is 10.2. The van der Waals surface area contributed by atoms with Crippen LogP contribution in [0.3, 0.4) is 0 Å². The molecule has 0 spiro atoms. The summed E-state index contributed by atoms with van der Waals surface area (Å²) in [6.45, 7) is 11.2. The van der Waals surface area contributed by atoms with E-state index < -0.39 is 0 Å². The average Bonchev–Trinajstić information content (AvgIpc) is 1.63. The molecule has 0 aliphatic carbocycles. The van der Waals surface area contributed by atoms with Gasteiger partial charge in [0.05, 0.1) is 0 Å². The Morgan fingerprint density at radius 2 is 1.20 bits per heavy atom. The summed E-state index contributed by atoms with van der Waals surface area (Å²) in [5, 5.41) is 3.38. The van der Waals surface area contributed by atoms with E-state index in [1.165, 1.54) is 0 Å². The Bertz CT molecular complexity index is 54.3. The predicted octanol–water partition coefficient (Wildman–Crippen LogP) is 2.31. The zero-order chi connectivity index (χ0) is 7.28. The van der Waals surface area contributed by atoms with Crippen LogP contribution in [-0.4, -0.2) is 13.1 Å². The highest BCUT2D eigenvalue weighted by Gasteiger charge is 1.93. The number of halogens is 1. The molecule has 0 aliphatic rings. The third-order valence-electron chi connectivity index (χ3n) is 1.11. The number of rotatable bonds is 4. The highest BCUT2D eigenvalue weighted by molar-refractivity contribution is 5.85. The monoisotopic (exact) mass is 165 g/mol. The van der Waals surface area contributed by atoms with Crippen molar-refractivity contribution in [3.63, 3.8) is 0 Å². The minimum Gasteiger partial charge on any atom is -0.316 e. The van der Waals surface area contributed by atoms with Crippen molar-refractivity contribution in [1.82, 2.24) is 5.32 Å². The van der Waals surface area contributed by atoms with Crippen LogP contribution in [0.25, 0.3) is 0 Å². The number of hydrogen-bond acceptors (Lipinski definition) is 1. The summed E-state index contributed by atoms with van der Waals surface area (Å²) in [4.78, 5) is 0. The van der Waals surface area contributed by atoms with Crippen LogP contribution in [-0.2, 0) is 0 Å². The van der Waals surface area contributed by atoms with Crippen LogP contribution < -0.4 is 5.32 Å². The van der Waals surface area contributed by atoms with Gasteiger partial charge in [-0.3, -0.25) is 0 Å². The van der Waals surface area contributed by atoms with Crippen LogP contribution in [0, 0.1) is 11.8 Å². The van der Waals surface area contributed by atoms with Gasteiger partial charge in [0.1, 0.15) is 0 Å². The summed E-state index contributed by atoms with van der Waals surface area (Å²) in [6, 6.07) is 0. The van der Waals surface area contributed by atoms with E-state index in [1.807, 2.05) is 0 Å². The third kappa shape index (κ3) is 11.1. The summed E-state index contributed by atoms with van der Waals surface area (Å²) < 4.78 is 0. The van der Waals surface area contributed by atoms with E-state index in [1.54, 1.807) is 0 Å². The second-order valence-electron chi connectivity index (χ2n) is 3.45. The normalized spacial score (nSPS) is 10.2. The van der Waals surface area contributed by atoms with Crippen molar-refractivity contribution in [2.45, 2.75) is 27.7 Å². The summed E-state index contributed by atoms with van der Waals surface area (Å²) >= 11 is 0. The molecular formula is C8H20ClN. The quantitative estimate of drug-likeness (QED) is 0.675. The van der Waals surface area contributed by atoms with E-state index in [-0.39, 0.29) is 12.4 Å². The van der Waals surface area contributed by atoms with Gasteiger partial charge in [0.15, 0.2) is 0 Å². The van der Waals surface area contributed by atoms with Crippen LogP contribution in [0.1, 0.15) is 27.7 Å². The first kappa shape index (κ1) is 12.9. The molecule has 0 aromatic rings. The Morgan fingerprint density at radius 1 is 0.900 bits per heavy atom. The lowest BCUT2D eigenvalue weighted by molar-refractivity contribution is 0.497. The lowest BCUT2D eigenvalue weighted by Gasteiger charge is -2.08. The van der Waals surface area contributed by atoms with E-state index >= 15 is 0 Å². The predicted molar refractivity (Wildman–Crippen MR) is 49.8 cm³/mol. The maximum atomic E-state index is 3.38. The van der Waals surface area contributed by atoms with Crippen molar-refractivity contribution in [3.8, 4) is 0 Å². The maximum absolute atomic E-state index is 3.38. The third-order valence-corrected chi connectivity index (χ3v) is 1.11. The van der Waals surface area contributed by atoms with Crippen molar-refractivity contribution in [1.29, 1.82) is 0 Å². The SMILES string of the molecule is CC(C)CNCC(C)C.Cl. The average molecular weight is 166 g/mol. The molecule has 0 aromatic heterocycles. The van der Waals surface area contributed by atoms with Crippen molar-refractivity contribution < 1.29 is 0 Å². The Balaban J connectivity index is 0. The van der Waals surface area contributed by atoms with Crippen molar-refractivity contribution in [2.75, 3.05) is 13.1 Å². The summed E-state index contributed by atoms with van der Waals surface area (Å²) in [5.41, 5.74) is 0. The molecular weight excluding hydrogens is 146 g/mol. The molecule has 0 bridgehead atoms. The van der Waals surface area contributed by atoms with Crippen LogP contribution >= 0.6 is 12.4 Å². The zero-order valence-electron chi connectivity index (χ0n) is 7.48. The fourth-order valence-electron chi connectivity index (χ4n) is 0.661. The summed E-state index contributed by atoms with van der Waals surface area (Å²) in [6.07, 6.45) is 0. The highest BCUT2D eigenvalue weighted by atomic mass is 35.5. The fraction of sp³-hybridized carbons (Fsp3) is 1.00. The van der Waals surface area contributed by atoms with Gasteiger partial charge in [0.2, 0.25) is 0 Å². The molecule has 1 N–H and O–H groups in total. The van der Waals surface area contributed by atoms with Crippen LogP contribution in [0.5, 0.6) is 0 Å². The Labute approximate surface area is 71.0 Å². The molecule has 0 atom stereocenters. The van der Waals surface area contributed by atoms with Gasteiger partial charge in [-0.15, -0.1) is 12.4 Å². The van der Waals surface area contributed by atoms with E-state index in [0.29, 0.717) is 0 Å². The van der Waals surface area contributed by atoms with Gasteiger partial charge in [0, 0.05) is 0 Å². The van der Waals surface area contributed by atoms with Crippen molar-refractivity contribution >= 4 is 12.4 Å². The summed E-state index contributed by atoms with van der Waals surface area (Å²) in [7, 11) is 0. The van der Waals surface area contributed by atoms with E-state index in [2.05, 4.69) is 33.0 Å². The second kappa shape index (κ2) is 7.36. The molecule has 2 heteroatoms. The van der Waals surface area contributed by atoms with Crippen LogP contribution in [0.15, 0.2) is 0 Å². The molecule has 0 aromatic carbocycles. The molecule has 0 fully saturated rings. The number of nitrogens with one attached hydrogen (secondary N) is 1. The first-order valence-electron chi connectivity index (χ1n) is 3.83. The van der Waals surface area contributed by atoms with Gasteiger partial charge in [-0.1, -0.05) is 27.7 Å². The molecule has 0 radical (unpaired) electrons. The molecule has 0 saturated carbocycles. The lowest BCUT2D eigenvalue weighted by Crippen LogP contribution is -2.23. The minimum atomic E-state index is 0. The van der Waals surface area contributed by atoms with Gasteiger partial charge in [0.25, 0.3) is 0 Å². The Hall–Kier alpha value is 0.250.